The molecule has 1 aliphatic rings. The molecule has 0 N–H and O–H groups in total. The van der Waals surface area contributed by atoms with Gasteiger partial charge in [-0.2, -0.15) is 0 Å². The third-order valence-corrected chi connectivity index (χ3v) is 3.79. The average molecular weight is 226 g/mol. The molecule has 1 heterocycles. The van der Waals surface area contributed by atoms with Gasteiger partial charge in [0.15, 0.2) is 9.84 Å². The van der Waals surface area contributed by atoms with Gasteiger partial charge in [0.05, 0.1) is 11.5 Å². The molecule has 0 aliphatic carbocycles. The summed E-state index contributed by atoms with van der Waals surface area (Å²) in [6.07, 6.45) is 0. The van der Waals surface area contributed by atoms with Crippen LogP contribution in [0, 0.1) is 0 Å². The number of sulfone groups is 1. The van der Waals surface area contributed by atoms with Crippen LogP contribution in [0.3, 0.4) is 0 Å². The third-order valence-electron chi connectivity index (χ3n) is 2.00. The number of hydrogen-bond donors (Lipinski definition) is 0. The molecule has 0 radical (unpaired) electrons. The summed E-state index contributed by atoms with van der Waals surface area (Å²) in [4.78, 5) is 12.8. The summed E-state index contributed by atoms with van der Waals surface area (Å²) < 4.78 is 22.0. The maximum absolute atomic E-state index is 11.3. The zero-order valence-electron chi connectivity index (χ0n) is 7.36. The van der Waals surface area contributed by atoms with Crippen molar-refractivity contribution in [3.05, 3.63) is 0 Å². The summed E-state index contributed by atoms with van der Waals surface area (Å²) in [5, 5.41) is -0.569. The first-order chi connectivity index (χ1) is 5.92. The lowest BCUT2D eigenvalue weighted by molar-refractivity contribution is -0.130. The number of rotatable bonds is 1. The zero-order chi connectivity index (χ0) is 10.1. The molecule has 0 bridgehead atoms. The summed E-state index contributed by atoms with van der Waals surface area (Å²) in [5.41, 5.74) is 0. The molecule has 1 aliphatic heterocycles. The summed E-state index contributed by atoms with van der Waals surface area (Å²) in [7, 11) is -2.91. The minimum Gasteiger partial charge on any atom is -0.339 e. The fraction of sp³-hybridized carbons (Fsp3) is 0.857. The lowest BCUT2D eigenvalue weighted by Crippen LogP contribution is -2.46. The van der Waals surface area contributed by atoms with Crippen molar-refractivity contribution >= 4 is 27.3 Å². The molecule has 1 amide bonds. The number of alkyl halides is 1. The molecule has 1 rings (SSSR count). The van der Waals surface area contributed by atoms with E-state index in [1.54, 1.807) is 6.92 Å². The Hall–Kier alpha value is -0.290. The molecule has 0 saturated carbocycles. The van der Waals surface area contributed by atoms with Gasteiger partial charge in [-0.15, -0.1) is 11.6 Å². The quantitative estimate of drug-likeness (QED) is 0.585. The van der Waals surface area contributed by atoms with Crippen LogP contribution in [0.15, 0.2) is 0 Å². The number of carbonyl (C=O) groups excluding carboxylic acids is 1. The first-order valence-corrected chi connectivity index (χ1v) is 6.31. The van der Waals surface area contributed by atoms with Crippen LogP contribution in [0.2, 0.25) is 0 Å². The van der Waals surface area contributed by atoms with Crippen molar-refractivity contribution in [2.45, 2.75) is 12.3 Å². The van der Waals surface area contributed by atoms with Gasteiger partial charge in [-0.1, -0.05) is 0 Å². The van der Waals surface area contributed by atoms with Crippen LogP contribution in [0.1, 0.15) is 6.92 Å². The molecule has 0 aromatic rings. The highest BCUT2D eigenvalue weighted by Gasteiger charge is 2.26. The number of amides is 1. The van der Waals surface area contributed by atoms with E-state index in [1.165, 1.54) is 4.90 Å². The molecular weight excluding hydrogens is 214 g/mol. The largest absolute Gasteiger partial charge is 0.339 e. The Balaban J connectivity index is 2.55. The van der Waals surface area contributed by atoms with Crippen LogP contribution in [-0.4, -0.2) is 49.2 Å². The van der Waals surface area contributed by atoms with Crippen molar-refractivity contribution in [3.63, 3.8) is 0 Å². The predicted octanol–water partition coefficient (Wildman–Crippen LogP) is -0.129. The SMILES string of the molecule is CC(Cl)C(=O)N1CCS(=O)(=O)CC1. The minimum atomic E-state index is -2.91. The molecule has 13 heavy (non-hydrogen) atoms. The predicted molar refractivity (Wildman–Crippen MR) is 50.5 cm³/mol. The maximum Gasteiger partial charge on any atom is 0.240 e. The van der Waals surface area contributed by atoms with E-state index in [4.69, 9.17) is 11.6 Å². The number of nitrogens with zero attached hydrogens (tertiary/aromatic N) is 1. The summed E-state index contributed by atoms with van der Waals surface area (Å²) in [5.74, 6) is -0.0680. The van der Waals surface area contributed by atoms with Crippen molar-refractivity contribution in [2.24, 2.45) is 0 Å². The van der Waals surface area contributed by atoms with Gasteiger partial charge in [0.1, 0.15) is 5.38 Å². The summed E-state index contributed by atoms with van der Waals surface area (Å²) in [6, 6.07) is 0. The summed E-state index contributed by atoms with van der Waals surface area (Å²) >= 11 is 5.59. The topological polar surface area (TPSA) is 54.5 Å². The van der Waals surface area contributed by atoms with E-state index >= 15 is 0 Å². The van der Waals surface area contributed by atoms with Gasteiger partial charge in [0.2, 0.25) is 5.91 Å². The number of hydrogen-bond acceptors (Lipinski definition) is 3. The van der Waals surface area contributed by atoms with Crippen LogP contribution >= 0.6 is 11.6 Å². The van der Waals surface area contributed by atoms with E-state index in [0.29, 0.717) is 0 Å². The first kappa shape index (κ1) is 10.8. The van der Waals surface area contributed by atoms with Crippen LogP contribution in [0.4, 0.5) is 0 Å². The van der Waals surface area contributed by atoms with Gasteiger partial charge in [-0.3, -0.25) is 4.79 Å². The highest BCUT2D eigenvalue weighted by molar-refractivity contribution is 7.91. The number of halogens is 1. The van der Waals surface area contributed by atoms with Crippen molar-refractivity contribution in [1.82, 2.24) is 4.90 Å². The highest BCUT2D eigenvalue weighted by Crippen LogP contribution is 2.07. The number of carbonyl (C=O) groups is 1. The first-order valence-electron chi connectivity index (χ1n) is 4.06. The van der Waals surface area contributed by atoms with E-state index in [0.717, 1.165) is 0 Å². The Kier molecular flexibility index (Phi) is 3.18. The Labute approximate surface area is 82.8 Å². The molecule has 1 atom stereocenters. The molecule has 76 valence electrons. The Morgan fingerprint density at radius 3 is 2.23 bits per heavy atom. The van der Waals surface area contributed by atoms with Gasteiger partial charge in [-0.25, -0.2) is 8.42 Å². The fourth-order valence-corrected chi connectivity index (χ4v) is 2.52. The second kappa shape index (κ2) is 3.84. The van der Waals surface area contributed by atoms with E-state index in [1.807, 2.05) is 0 Å². The second-order valence-electron chi connectivity index (χ2n) is 3.09. The fourth-order valence-electron chi connectivity index (χ4n) is 1.18. The summed E-state index contributed by atoms with van der Waals surface area (Å²) in [6.45, 7) is 2.14. The minimum absolute atomic E-state index is 0.0579. The average Bonchev–Trinajstić information content (AvgIpc) is 2.03. The molecule has 1 saturated heterocycles. The molecule has 1 fully saturated rings. The van der Waals surface area contributed by atoms with Crippen molar-refractivity contribution in [2.75, 3.05) is 24.6 Å². The molecular formula is C7H12ClNO3S. The molecule has 0 spiro atoms. The molecule has 0 aromatic heterocycles. The monoisotopic (exact) mass is 225 g/mol. The van der Waals surface area contributed by atoms with Gasteiger partial charge in [0, 0.05) is 13.1 Å². The zero-order valence-corrected chi connectivity index (χ0v) is 8.94. The Morgan fingerprint density at radius 2 is 1.85 bits per heavy atom. The normalized spacial score (nSPS) is 24.0. The van der Waals surface area contributed by atoms with Crippen molar-refractivity contribution in [3.8, 4) is 0 Å². The Bertz CT molecular complexity index is 285. The van der Waals surface area contributed by atoms with Crippen LogP contribution in [0.5, 0.6) is 0 Å². The van der Waals surface area contributed by atoms with Crippen molar-refractivity contribution in [1.29, 1.82) is 0 Å². The van der Waals surface area contributed by atoms with Gasteiger partial charge < -0.3 is 4.90 Å². The van der Waals surface area contributed by atoms with Crippen LogP contribution in [-0.2, 0) is 14.6 Å². The molecule has 0 aromatic carbocycles. The maximum atomic E-state index is 11.3. The third kappa shape index (κ3) is 2.84. The second-order valence-corrected chi connectivity index (χ2v) is 6.05. The van der Waals surface area contributed by atoms with E-state index in [2.05, 4.69) is 0 Å². The Morgan fingerprint density at radius 1 is 1.38 bits per heavy atom. The van der Waals surface area contributed by atoms with Gasteiger partial charge in [-0.05, 0) is 6.92 Å². The van der Waals surface area contributed by atoms with E-state index in [-0.39, 0.29) is 30.5 Å². The van der Waals surface area contributed by atoms with E-state index in [9.17, 15) is 13.2 Å². The van der Waals surface area contributed by atoms with E-state index < -0.39 is 15.2 Å². The van der Waals surface area contributed by atoms with Crippen LogP contribution < -0.4 is 0 Å². The van der Waals surface area contributed by atoms with Gasteiger partial charge >= 0.3 is 0 Å². The highest BCUT2D eigenvalue weighted by atomic mass is 35.5. The lowest BCUT2D eigenvalue weighted by Gasteiger charge is -2.27. The van der Waals surface area contributed by atoms with Gasteiger partial charge in [0.25, 0.3) is 0 Å². The smallest absolute Gasteiger partial charge is 0.240 e. The molecule has 6 heteroatoms. The molecule has 1 unspecified atom stereocenters. The van der Waals surface area contributed by atoms with Crippen LogP contribution in [0.25, 0.3) is 0 Å². The molecule has 4 nitrogen and oxygen atoms in total. The van der Waals surface area contributed by atoms with Crippen molar-refractivity contribution < 1.29 is 13.2 Å². The standard InChI is InChI=1S/C7H12ClNO3S/c1-6(8)7(10)9-2-4-13(11,12)5-3-9/h6H,2-5H2,1H3. The lowest BCUT2D eigenvalue weighted by atomic mass is 10.4.